The number of hydrazone groups is 1. The summed E-state index contributed by atoms with van der Waals surface area (Å²) in [7, 11) is 0. The van der Waals surface area contributed by atoms with Gasteiger partial charge in [-0.05, 0) is 24.3 Å². The number of benzene rings is 3. The van der Waals surface area contributed by atoms with Gasteiger partial charge in [-0.2, -0.15) is 5.10 Å². The molecule has 0 bridgehead atoms. The van der Waals surface area contributed by atoms with Gasteiger partial charge in [-0.3, -0.25) is 10.2 Å². The fraction of sp³-hybridized carbons (Fsp3) is 0. The van der Waals surface area contributed by atoms with Crippen LogP contribution in [0.15, 0.2) is 95.2 Å². The fourth-order valence-electron chi connectivity index (χ4n) is 2.42. The molecule has 134 valence electrons. The molecule has 0 saturated heterocycles. The second-order valence-corrected chi connectivity index (χ2v) is 6.03. The molecule has 0 aliphatic heterocycles. The van der Waals surface area contributed by atoms with Crippen LogP contribution in [0.3, 0.4) is 0 Å². The molecule has 3 aromatic rings. The molecule has 0 fully saturated rings. The molecule has 0 saturated carbocycles. The van der Waals surface area contributed by atoms with Gasteiger partial charge in [0.05, 0.1) is 5.69 Å². The lowest BCUT2D eigenvalue weighted by molar-refractivity contribution is 0.106. The lowest BCUT2D eigenvalue weighted by Crippen LogP contribution is -2.26. The monoisotopic (exact) mass is 377 g/mol. The van der Waals surface area contributed by atoms with Crippen LogP contribution in [-0.4, -0.2) is 22.4 Å². The fourth-order valence-corrected chi connectivity index (χ4v) is 2.55. The van der Waals surface area contributed by atoms with Gasteiger partial charge in [-0.25, -0.2) is 0 Å². The van der Waals surface area contributed by atoms with Crippen LogP contribution in [-0.2, 0) is 0 Å². The highest BCUT2D eigenvalue weighted by Gasteiger charge is 2.22. The minimum atomic E-state index is -0.432. The Morgan fingerprint density at radius 3 is 1.93 bits per heavy atom. The average Bonchev–Trinajstić information content (AvgIpc) is 2.73. The minimum Gasteiger partial charge on any atom is -0.410 e. The van der Waals surface area contributed by atoms with E-state index in [0.717, 1.165) is 0 Å². The third-order valence-corrected chi connectivity index (χ3v) is 4.02. The molecule has 0 unspecified atom stereocenters. The van der Waals surface area contributed by atoms with Crippen molar-refractivity contribution in [2.45, 2.75) is 0 Å². The number of hydrogen-bond acceptors (Lipinski definition) is 5. The predicted molar refractivity (Wildman–Crippen MR) is 108 cm³/mol. The zero-order chi connectivity index (χ0) is 19.1. The van der Waals surface area contributed by atoms with Crippen LogP contribution in [0.1, 0.15) is 15.9 Å². The Kier molecular flexibility index (Phi) is 5.97. The molecule has 0 atom stereocenters. The van der Waals surface area contributed by atoms with E-state index in [-0.39, 0.29) is 11.4 Å². The van der Waals surface area contributed by atoms with Crippen molar-refractivity contribution in [3.05, 3.63) is 101 Å². The molecule has 0 radical (unpaired) electrons. The Morgan fingerprint density at radius 1 is 0.815 bits per heavy atom. The predicted octanol–water partition coefficient (Wildman–Crippen LogP) is 4.87. The third-order valence-electron chi connectivity index (χ3n) is 3.76. The van der Waals surface area contributed by atoms with Gasteiger partial charge in [0, 0.05) is 16.1 Å². The molecule has 5 nitrogen and oxygen atoms in total. The van der Waals surface area contributed by atoms with E-state index in [4.69, 9.17) is 11.6 Å². The number of anilines is 1. The van der Waals surface area contributed by atoms with Crippen molar-refractivity contribution in [2.24, 2.45) is 10.3 Å². The van der Waals surface area contributed by atoms with Crippen LogP contribution in [0.4, 0.5) is 5.69 Å². The van der Waals surface area contributed by atoms with E-state index in [9.17, 15) is 10.0 Å². The van der Waals surface area contributed by atoms with Crippen molar-refractivity contribution < 1.29 is 10.0 Å². The molecule has 0 aliphatic rings. The number of oxime groups is 1. The van der Waals surface area contributed by atoms with Crippen LogP contribution in [0.2, 0.25) is 5.02 Å². The number of nitrogens with zero attached hydrogens (tertiary/aromatic N) is 2. The lowest BCUT2D eigenvalue weighted by Gasteiger charge is -2.09. The summed E-state index contributed by atoms with van der Waals surface area (Å²) < 4.78 is 0. The number of hydrogen-bond donors (Lipinski definition) is 2. The molecule has 0 spiro atoms. The quantitative estimate of drug-likeness (QED) is 0.278. The Bertz CT molecular complexity index is 969. The highest BCUT2D eigenvalue weighted by molar-refractivity contribution is 6.73. The summed E-state index contributed by atoms with van der Waals surface area (Å²) in [4.78, 5) is 12.8. The van der Waals surface area contributed by atoms with Gasteiger partial charge < -0.3 is 5.21 Å². The molecular formula is C21H16ClN3O2. The van der Waals surface area contributed by atoms with Crippen LogP contribution >= 0.6 is 11.6 Å². The zero-order valence-corrected chi connectivity index (χ0v) is 15.0. The highest BCUT2D eigenvalue weighted by atomic mass is 35.5. The Morgan fingerprint density at radius 2 is 1.37 bits per heavy atom. The van der Waals surface area contributed by atoms with Crippen molar-refractivity contribution in [3.8, 4) is 0 Å². The van der Waals surface area contributed by atoms with Crippen molar-refractivity contribution in [1.29, 1.82) is 0 Å². The van der Waals surface area contributed by atoms with Gasteiger partial charge >= 0.3 is 0 Å². The van der Waals surface area contributed by atoms with Crippen molar-refractivity contribution >= 4 is 34.5 Å². The number of nitrogens with one attached hydrogen (secondary N) is 1. The van der Waals surface area contributed by atoms with Crippen LogP contribution in [0, 0.1) is 0 Å². The summed E-state index contributed by atoms with van der Waals surface area (Å²) in [5, 5.41) is 17.7. The molecular weight excluding hydrogens is 362 g/mol. The molecule has 0 aliphatic carbocycles. The van der Waals surface area contributed by atoms with Gasteiger partial charge in [-0.15, -0.1) is 0 Å². The van der Waals surface area contributed by atoms with E-state index in [1.54, 1.807) is 66.7 Å². The second kappa shape index (κ2) is 8.78. The zero-order valence-electron chi connectivity index (χ0n) is 14.2. The maximum atomic E-state index is 12.8. The first kappa shape index (κ1) is 18.4. The lowest BCUT2D eigenvalue weighted by atomic mass is 9.99. The number of halogens is 1. The Labute approximate surface area is 161 Å². The standard InChI is InChI=1S/C21H16ClN3O2/c22-17-11-13-18(14-12-17)23-24-19(15-7-3-1-4-8-15)20(25-27)21(26)16-9-5-2-6-10-16/h1-14,23,27H/b24-19-,25-20-. The molecule has 0 aromatic heterocycles. The summed E-state index contributed by atoms with van der Waals surface area (Å²) in [6.45, 7) is 0. The van der Waals surface area contributed by atoms with E-state index in [0.29, 0.717) is 21.8 Å². The smallest absolute Gasteiger partial charge is 0.217 e. The molecule has 6 heteroatoms. The van der Waals surface area contributed by atoms with E-state index in [1.807, 2.05) is 18.2 Å². The summed E-state index contributed by atoms with van der Waals surface area (Å²) in [6, 6.07) is 24.6. The normalized spacial score (nSPS) is 11.9. The summed E-state index contributed by atoms with van der Waals surface area (Å²) >= 11 is 5.89. The van der Waals surface area contributed by atoms with Crippen LogP contribution in [0.5, 0.6) is 0 Å². The maximum Gasteiger partial charge on any atom is 0.217 e. The number of carbonyl (C=O) groups excluding carboxylic acids is 1. The third kappa shape index (κ3) is 4.59. The van der Waals surface area contributed by atoms with E-state index < -0.39 is 5.78 Å². The van der Waals surface area contributed by atoms with Crippen molar-refractivity contribution in [2.75, 3.05) is 5.43 Å². The minimum absolute atomic E-state index is 0.158. The topological polar surface area (TPSA) is 74.0 Å². The summed E-state index contributed by atoms with van der Waals surface area (Å²) in [6.07, 6.45) is 0. The number of ketones is 1. The Balaban J connectivity index is 1.99. The largest absolute Gasteiger partial charge is 0.410 e. The molecule has 0 amide bonds. The molecule has 2 N–H and O–H groups in total. The molecule has 0 heterocycles. The SMILES string of the molecule is O=C(C(=N\O)/C(=N\Nc1ccc(Cl)cc1)c1ccccc1)c1ccccc1. The number of carbonyl (C=O) groups is 1. The number of Topliss-reactive ketones (excluding diaryl/α,β-unsaturated/α-hetero) is 1. The highest BCUT2D eigenvalue weighted by Crippen LogP contribution is 2.15. The average molecular weight is 378 g/mol. The summed E-state index contributed by atoms with van der Waals surface area (Å²) in [5.74, 6) is -0.432. The van der Waals surface area contributed by atoms with E-state index in [1.165, 1.54) is 0 Å². The van der Waals surface area contributed by atoms with Crippen molar-refractivity contribution in [1.82, 2.24) is 0 Å². The first-order valence-electron chi connectivity index (χ1n) is 8.16. The first-order chi connectivity index (χ1) is 13.2. The number of rotatable bonds is 6. The first-order valence-corrected chi connectivity index (χ1v) is 8.53. The van der Waals surface area contributed by atoms with E-state index in [2.05, 4.69) is 15.7 Å². The van der Waals surface area contributed by atoms with Gasteiger partial charge in [0.15, 0.2) is 5.71 Å². The van der Waals surface area contributed by atoms with E-state index >= 15 is 0 Å². The van der Waals surface area contributed by atoms with Crippen molar-refractivity contribution in [3.63, 3.8) is 0 Å². The molecule has 27 heavy (non-hydrogen) atoms. The maximum absolute atomic E-state index is 12.8. The second-order valence-electron chi connectivity index (χ2n) is 5.59. The van der Waals surface area contributed by atoms with Gasteiger partial charge in [0.2, 0.25) is 5.78 Å². The molecule has 3 rings (SSSR count). The van der Waals surface area contributed by atoms with Crippen LogP contribution < -0.4 is 5.43 Å². The van der Waals surface area contributed by atoms with Crippen LogP contribution in [0.25, 0.3) is 0 Å². The van der Waals surface area contributed by atoms with Gasteiger partial charge in [0.1, 0.15) is 5.71 Å². The van der Waals surface area contributed by atoms with Gasteiger partial charge in [-0.1, -0.05) is 77.4 Å². The molecule has 3 aromatic carbocycles. The van der Waals surface area contributed by atoms with Gasteiger partial charge in [0.25, 0.3) is 0 Å². The Hall–Kier alpha value is -3.44. The summed E-state index contributed by atoms with van der Waals surface area (Å²) in [5.41, 5.74) is 4.66.